The zero-order chi connectivity index (χ0) is 21.1. The van der Waals surface area contributed by atoms with Crippen molar-refractivity contribution in [2.75, 3.05) is 0 Å². The van der Waals surface area contributed by atoms with E-state index in [9.17, 15) is 49.3 Å². The Labute approximate surface area is 155 Å². The van der Waals surface area contributed by atoms with Gasteiger partial charge in [0, 0.05) is 0 Å². The third kappa shape index (κ3) is 4.37. The fourth-order valence-electron chi connectivity index (χ4n) is 2.71. The third-order valence-corrected chi connectivity index (χ3v) is 10.2. The molecule has 1 spiro atoms. The summed E-state index contributed by atoms with van der Waals surface area (Å²) in [5.41, 5.74) is -20.8. The molecule has 4 nitrogen and oxygen atoms in total. The van der Waals surface area contributed by atoms with Crippen molar-refractivity contribution in [2.45, 2.75) is 22.9 Å². The van der Waals surface area contributed by atoms with Gasteiger partial charge in [-0.15, -0.1) is 0 Å². The largest absolute Gasteiger partial charge is 0.649 e. The Morgan fingerprint density at radius 1 is 0.444 bits per heavy atom. The number of hydrogen-bond donors (Lipinski definition) is 0. The molecule has 2 fully saturated rings. The molecule has 0 aliphatic carbocycles. The maximum atomic E-state index is 13.4. The van der Waals surface area contributed by atoms with E-state index in [0.717, 1.165) is 0 Å². The van der Waals surface area contributed by atoms with Crippen molar-refractivity contribution in [3.63, 3.8) is 0 Å². The monoisotopic (exact) mass is 532 g/mol. The predicted octanol–water partition coefficient (Wildman–Crippen LogP) is 4.21. The van der Waals surface area contributed by atoms with Crippen LogP contribution < -0.4 is 0 Å². The summed E-state index contributed by atoms with van der Waals surface area (Å²) in [7, 11) is -30.8. The second kappa shape index (κ2) is 7.36. The van der Waals surface area contributed by atoms with E-state index >= 15 is 0 Å². The standard InChI is InChI=1S/C5H4F12O4S2Si4/c6-24(7,8)1-5(2(19-22-18-1)25(9,10)11)3(26(12,13)14)20-23-21-4(5)27(15,16)17/h1-4H. The molecule has 22 heteroatoms. The molecular weight excluding hydrogens is 529 g/mol. The van der Waals surface area contributed by atoms with Gasteiger partial charge in [0.25, 0.3) is 0 Å². The molecule has 0 N–H and O–H groups in total. The molecule has 2 saturated heterocycles. The van der Waals surface area contributed by atoms with Crippen LogP contribution in [0.5, 0.6) is 0 Å². The van der Waals surface area contributed by atoms with E-state index in [1.165, 1.54) is 0 Å². The second-order valence-corrected chi connectivity index (χ2v) is 12.7. The molecule has 0 bridgehead atoms. The molecule has 2 heterocycles. The number of hydrogen-bond acceptors (Lipinski definition) is 6. The minimum Gasteiger partial charge on any atom is -0.282 e. The van der Waals surface area contributed by atoms with Crippen LogP contribution in [0.1, 0.15) is 0 Å². The highest BCUT2D eigenvalue weighted by Gasteiger charge is 2.87. The summed E-state index contributed by atoms with van der Waals surface area (Å²) >= 11 is -1.87. The lowest BCUT2D eigenvalue weighted by molar-refractivity contribution is -0.140. The van der Waals surface area contributed by atoms with E-state index in [2.05, 4.69) is 16.7 Å². The molecule has 0 radical (unpaired) electrons. The minimum absolute atomic E-state index is 0.934. The van der Waals surface area contributed by atoms with Gasteiger partial charge in [-0.1, -0.05) is 0 Å². The Hall–Kier alpha value is 0.568. The molecule has 2 aliphatic rings. The van der Waals surface area contributed by atoms with Gasteiger partial charge in [0.05, 0.1) is 0 Å². The average molecular weight is 533 g/mol. The van der Waals surface area contributed by atoms with E-state index in [-0.39, 0.29) is 0 Å². The Morgan fingerprint density at radius 2 is 0.630 bits per heavy atom. The van der Waals surface area contributed by atoms with Gasteiger partial charge in [0.15, 0.2) is 47.6 Å². The summed E-state index contributed by atoms with van der Waals surface area (Å²) in [5.74, 6) is 0. The summed E-state index contributed by atoms with van der Waals surface area (Å²) in [6.45, 7) is 0. The molecule has 0 amide bonds. The molecule has 27 heavy (non-hydrogen) atoms. The first-order valence-corrected chi connectivity index (χ1v) is 14.4. The number of halogens is 12. The lowest BCUT2D eigenvalue weighted by atomic mass is 9.90. The first-order valence-electron chi connectivity index (χ1n) is 6.19. The van der Waals surface area contributed by atoms with E-state index in [1.807, 2.05) is 0 Å². The zero-order valence-electron chi connectivity index (χ0n) is 11.8. The van der Waals surface area contributed by atoms with E-state index in [0.29, 0.717) is 0 Å². The van der Waals surface area contributed by atoms with Gasteiger partial charge in [-0.25, -0.2) is 49.3 Å². The first-order chi connectivity index (χ1) is 11.9. The van der Waals surface area contributed by atoms with Crippen molar-refractivity contribution < 1.29 is 66.0 Å². The smallest absolute Gasteiger partial charge is 0.282 e. The van der Waals surface area contributed by atoms with Crippen LogP contribution in [0.2, 0.25) is 0 Å². The molecule has 0 aromatic rings. The van der Waals surface area contributed by atoms with Crippen molar-refractivity contribution in [1.29, 1.82) is 0 Å². The maximum absolute atomic E-state index is 13.4. The normalized spacial score (nSPS) is 36.9. The van der Waals surface area contributed by atoms with Crippen LogP contribution in [0.4, 0.5) is 49.3 Å². The second-order valence-electron chi connectivity index (χ2n) is 5.21. The van der Waals surface area contributed by atoms with E-state index in [4.69, 9.17) is 0 Å². The molecule has 0 saturated carbocycles. The molecule has 160 valence electrons. The molecule has 2 aliphatic heterocycles. The summed E-state index contributed by atoms with van der Waals surface area (Å²) in [6.07, 6.45) is 0. The van der Waals surface area contributed by atoms with Crippen LogP contribution >= 0.6 is 24.6 Å². The van der Waals surface area contributed by atoms with Crippen molar-refractivity contribution in [3.05, 3.63) is 0 Å². The Bertz CT molecular complexity index is 456. The fourth-order valence-corrected chi connectivity index (χ4v) is 11.1. The van der Waals surface area contributed by atoms with Gasteiger partial charge in [-0.3, -0.25) is 16.7 Å². The Morgan fingerprint density at radius 3 is 0.778 bits per heavy atom. The molecule has 0 aromatic heterocycles. The van der Waals surface area contributed by atoms with Crippen molar-refractivity contribution in [1.82, 2.24) is 0 Å². The summed E-state index contributed by atoms with van der Waals surface area (Å²) in [6, 6.07) is 0. The van der Waals surface area contributed by atoms with Crippen molar-refractivity contribution in [3.8, 4) is 0 Å². The van der Waals surface area contributed by atoms with Crippen LogP contribution in [-0.2, 0) is 16.7 Å². The third-order valence-electron chi connectivity index (χ3n) is 3.55. The SMILES string of the molecule is F[Si](F)(F)C1OSOC([Si](F)(F)F)C12C([Si](F)(F)F)OSOC2[Si](F)(F)F. The first kappa shape index (κ1) is 23.8. The van der Waals surface area contributed by atoms with Gasteiger partial charge in [-0.05, 0) is 0 Å². The molecule has 2 rings (SSSR count). The zero-order valence-corrected chi connectivity index (χ0v) is 17.4. The number of rotatable bonds is 4. The highest BCUT2D eigenvalue weighted by molar-refractivity contribution is 7.90. The van der Waals surface area contributed by atoms with Crippen LogP contribution in [0.15, 0.2) is 0 Å². The molecule has 4 unspecified atom stereocenters. The maximum Gasteiger partial charge on any atom is 0.649 e. The van der Waals surface area contributed by atoms with Crippen LogP contribution in [0, 0.1) is 5.41 Å². The van der Waals surface area contributed by atoms with E-state index < -0.39 is 89.3 Å². The minimum atomic E-state index is -7.70. The van der Waals surface area contributed by atoms with Crippen molar-refractivity contribution >= 4 is 60.9 Å². The van der Waals surface area contributed by atoms with Crippen LogP contribution in [0.25, 0.3) is 0 Å². The highest BCUT2D eigenvalue weighted by Crippen LogP contribution is 2.60. The van der Waals surface area contributed by atoms with Gasteiger partial charge in [0.1, 0.15) is 5.41 Å². The molecular formula is C5H4F12O4S2Si4. The van der Waals surface area contributed by atoms with Crippen molar-refractivity contribution in [2.24, 2.45) is 5.41 Å². The van der Waals surface area contributed by atoms with Crippen LogP contribution in [0.3, 0.4) is 0 Å². The predicted molar refractivity (Wildman–Crippen MR) is 73.4 cm³/mol. The van der Waals surface area contributed by atoms with Crippen LogP contribution in [-0.4, -0.2) is 59.2 Å². The topological polar surface area (TPSA) is 36.9 Å². The molecule has 0 aromatic carbocycles. The fraction of sp³-hybridized carbons (Fsp3) is 1.00. The van der Waals surface area contributed by atoms with Gasteiger partial charge in [0.2, 0.25) is 0 Å². The summed E-state index contributed by atoms with van der Waals surface area (Å²) in [5, 5.41) is 0. The highest BCUT2D eigenvalue weighted by atomic mass is 32.2. The average Bonchev–Trinajstić information content (AvgIpc) is 2.42. The van der Waals surface area contributed by atoms with Gasteiger partial charge < -0.3 is 0 Å². The summed E-state index contributed by atoms with van der Waals surface area (Å²) < 4.78 is 176. The lowest BCUT2D eigenvalue weighted by Gasteiger charge is -2.54. The lowest BCUT2D eigenvalue weighted by Crippen LogP contribution is -2.79. The quantitative estimate of drug-likeness (QED) is 0.234. The van der Waals surface area contributed by atoms with E-state index in [1.54, 1.807) is 0 Å². The Kier molecular flexibility index (Phi) is 6.50. The summed E-state index contributed by atoms with van der Waals surface area (Å²) in [4.78, 5) is 0. The molecule has 4 atom stereocenters. The Balaban J connectivity index is 2.86. The van der Waals surface area contributed by atoms with Gasteiger partial charge in [-0.2, -0.15) is 0 Å². The van der Waals surface area contributed by atoms with Gasteiger partial charge >= 0.3 is 36.3 Å².